The molecule has 0 saturated carbocycles. The van der Waals surface area contributed by atoms with E-state index in [-0.39, 0.29) is 5.91 Å². The van der Waals surface area contributed by atoms with Crippen molar-refractivity contribution in [3.05, 3.63) is 53.6 Å². The summed E-state index contributed by atoms with van der Waals surface area (Å²) in [5.74, 6) is 1.61. The Morgan fingerprint density at radius 3 is 2.46 bits per heavy atom. The first-order valence-corrected chi connectivity index (χ1v) is 7.94. The molecule has 0 spiro atoms. The molecule has 0 aliphatic carbocycles. The van der Waals surface area contributed by atoms with Gasteiger partial charge in [0.15, 0.2) is 0 Å². The Balaban J connectivity index is 1.79. The van der Waals surface area contributed by atoms with Gasteiger partial charge in [0.1, 0.15) is 11.5 Å². The van der Waals surface area contributed by atoms with Crippen LogP contribution in [0, 0.1) is 0 Å². The van der Waals surface area contributed by atoms with Gasteiger partial charge in [0.05, 0.1) is 14.2 Å². The van der Waals surface area contributed by atoms with Crippen molar-refractivity contribution < 1.29 is 14.3 Å². The Morgan fingerprint density at radius 1 is 1.04 bits per heavy atom. The summed E-state index contributed by atoms with van der Waals surface area (Å²) in [6, 6.07) is 13.3. The minimum Gasteiger partial charge on any atom is -0.497 e. The fraction of sp³-hybridized carbons (Fsp3) is 0.316. The van der Waals surface area contributed by atoms with E-state index < -0.39 is 0 Å². The van der Waals surface area contributed by atoms with Crippen molar-refractivity contribution in [1.29, 1.82) is 0 Å². The van der Waals surface area contributed by atoms with Crippen molar-refractivity contribution in [3.8, 4) is 11.5 Å². The van der Waals surface area contributed by atoms with E-state index >= 15 is 0 Å². The summed E-state index contributed by atoms with van der Waals surface area (Å²) >= 11 is 0. The number of rotatable bonds is 8. The summed E-state index contributed by atoms with van der Waals surface area (Å²) in [7, 11) is 3.26. The molecule has 0 aliphatic rings. The molecule has 0 heterocycles. The van der Waals surface area contributed by atoms with Gasteiger partial charge in [-0.05, 0) is 54.3 Å². The van der Waals surface area contributed by atoms with E-state index in [1.54, 1.807) is 14.2 Å². The molecule has 5 nitrogen and oxygen atoms in total. The predicted octanol–water partition coefficient (Wildman–Crippen LogP) is 2.58. The van der Waals surface area contributed by atoms with Gasteiger partial charge in [0.25, 0.3) is 0 Å². The first-order valence-electron chi connectivity index (χ1n) is 7.94. The number of nitrogen functional groups attached to an aromatic ring is 1. The fourth-order valence-electron chi connectivity index (χ4n) is 2.44. The molecule has 24 heavy (non-hydrogen) atoms. The highest BCUT2D eigenvalue weighted by Gasteiger charge is 2.07. The van der Waals surface area contributed by atoms with Crippen molar-refractivity contribution in [1.82, 2.24) is 5.32 Å². The van der Waals surface area contributed by atoms with Gasteiger partial charge >= 0.3 is 0 Å². The summed E-state index contributed by atoms with van der Waals surface area (Å²) in [6.45, 7) is 0.560. The van der Waals surface area contributed by atoms with Crippen LogP contribution in [-0.4, -0.2) is 26.7 Å². The van der Waals surface area contributed by atoms with E-state index in [0.29, 0.717) is 25.8 Å². The fourth-order valence-corrected chi connectivity index (χ4v) is 2.44. The number of nitrogens with one attached hydrogen (secondary N) is 1. The minimum atomic E-state index is 0.0358. The zero-order valence-corrected chi connectivity index (χ0v) is 14.2. The van der Waals surface area contributed by atoms with Gasteiger partial charge in [-0.15, -0.1) is 0 Å². The number of hydrogen-bond acceptors (Lipinski definition) is 4. The molecule has 0 unspecified atom stereocenters. The molecule has 0 atom stereocenters. The third-order valence-corrected chi connectivity index (χ3v) is 3.82. The van der Waals surface area contributed by atoms with E-state index in [0.717, 1.165) is 28.3 Å². The molecular weight excluding hydrogens is 304 g/mol. The van der Waals surface area contributed by atoms with Crippen LogP contribution in [0.15, 0.2) is 42.5 Å². The lowest BCUT2D eigenvalue weighted by Gasteiger charge is -2.11. The second-order valence-corrected chi connectivity index (χ2v) is 5.52. The molecule has 0 bridgehead atoms. The summed E-state index contributed by atoms with van der Waals surface area (Å²) in [4.78, 5) is 12.0. The first-order chi connectivity index (χ1) is 11.6. The van der Waals surface area contributed by atoms with Crippen LogP contribution < -0.4 is 20.5 Å². The maximum atomic E-state index is 12.0. The maximum Gasteiger partial charge on any atom is 0.220 e. The number of nitrogens with two attached hydrogens (primary N) is 1. The standard InChI is InChI=1S/C19H24N2O3/c1-23-17-8-9-18(24-2)15(13-17)11-12-21-19(22)10-5-14-3-6-16(20)7-4-14/h3-4,6-9,13H,5,10-12,20H2,1-2H3,(H,21,22). The van der Waals surface area contributed by atoms with E-state index in [1.165, 1.54) is 0 Å². The lowest BCUT2D eigenvalue weighted by Crippen LogP contribution is -2.26. The molecule has 128 valence electrons. The van der Waals surface area contributed by atoms with Crippen molar-refractivity contribution in [2.24, 2.45) is 0 Å². The molecule has 3 N–H and O–H groups in total. The Kier molecular flexibility index (Phi) is 6.49. The molecule has 1 amide bonds. The third-order valence-electron chi connectivity index (χ3n) is 3.82. The number of methoxy groups -OCH3 is 2. The van der Waals surface area contributed by atoms with Gasteiger partial charge in [-0.3, -0.25) is 4.79 Å². The summed E-state index contributed by atoms with van der Waals surface area (Å²) < 4.78 is 10.6. The molecule has 0 radical (unpaired) electrons. The Labute approximate surface area is 142 Å². The van der Waals surface area contributed by atoms with Gasteiger partial charge in [0, 0.05) is 18.7 Å². The van der Waals surface area contributed by atoms with Crippen molar-refractivity contribution in [2.75, 3.05) is 26.5 Å². The zero-order valence-electron chi connectivity index (χ0n) is 14.2. The van der Waals surface area contributed by atoms with Crippen LogP contribution in [0.4, 0.5) is 5.69 Å². The molecule has 0 aromatic heterocycles. The largest absolute Gasteiger partial charge is 0.497 e. The van der Waals surface area contributed by atoms with Gasteiger partial charge in [-0.2, -0.15) is 0 Å². The van der Waals surface area contributed by atoms with Gasteiger partial charge in [0.2, 0.25) is 5.91 Å². The number of hydrogen-bond donors (Lipinski definition) is 2. The van der Waals surface area contributed by atoms with E-state index in [9.17, 15) is 4.79 Å². The van der Waals surface area contributed by atoms with Crippen LogP contribution in [0.25, 0.3) is 0 Å². The Bertz CT molecular complexity index is 669. The van der Waals surface area contributed by atoms with E-state index in [4.69, 9.17) is 15.2 Å². The average molecular weight is 328 g/mol. The van der Waals surface area contributed by atoms with Crippen molar-refractivity contribution in [2.45, 2.75) is 19.3 Å². The first kappa shape index (κ1) is 17.7. The maximum absolute atomic E-state index is 12.0. The normalized spacial score (nSPS) is 10.2. The summed E-state index contributed by atoms with van der Waals surface area (Å²) in [5, 5.41) is 2.94. The van der Waals surface area contributed by atoms with Crippen LogP contribution >= 0.6 is 0 Å². The lowest BCUT2D eigenvalue weighted by molar-refractivity contribution is -0.121. The topological polar surface area (TPSA) is 73.6 Å². The predicted molar refractivity (Wildman–Crippen MR) is 95.4 cm³/mol. The van der Waals surface area contributed by atoms with Gasteiger partial charge in [-0.25, -0.2) is 0 Å². The van der Waals surface area contributed by atoms with Crippen LogP contribution in [-0.2, 0) is 17.6 Å². The summed E-state index contributed by atoms with van der Waals surface area (Å²) in [6.07, 6.45) is 1.85. The number of ether oxygens (including phenoxy) is 2. The van der Waals surface area contributed by atoms with Crippen molar-refractivity contribution >= 4 is 11.6 Å². The molecule has 2 aromatic carbocycles. The van der Waals surface area contributed by atoms with Crippen molar-refractivity contribution in [3.63, 3.8) is 0 Å². The number of carbonyl (C=O) groups excluding carboxylic acids is 1. The van der Waals surface area contributed by atoms with Gasteiger partial charge < -0.3 is 20.5 Å². The highest BCUT2D eigenvalue weighted by Crippen LogP contribution is 2.24. The molecule has 2 rings (SSSR count). The quantitative estimate of drug-likeness (QED) is 0.731. The lowest BCUT2D eigenvalue weighted by atomic mass is 10.1. The van der Waals surface area contributed by atoms with Crippen LogP contribution in [0.5, 0.6) is 11.5 Å². The molecular formula is C19H24N2O3. The highest BCUT2D eigenvalue weighted by atomic mass is 16.5. The molecule has 0 saturated heterocycles. The second-order valence-electron chi connectivity index (χ2n) is 5.52. The number of carbonyl (C=O) groups is 1. The Morgan fingerprint density at radius 2 is 1.79 bits per heavy atom. The van der Waals surface area contributed by atoms with Crippen LogP contribution in [0.1, 0.15) is 17.5 Å². The summed E-state index contributed by atoms with van der Waals surface area (Å²) in [5.41, 5.74) is 8.50. The minimum absolute atomic E-state index is 0.0358. The average Bonchev–Trinajstić information content (AvgIpc) is 2.61. The Hall–Kier alpha value is -2.69. The molecule has 0 aliphatic heterocycles. The third kappa shape index (κ3) is 5.19. The molecule has 2 aromatic rings. The van der Waals surface area contributed by atoms with Crippen LogP contribution in [0.2, 0.25) is 0 Å². The number of aryl methyl sites for hydroxylation is 1. The van der Waals surface area contributed by atoms with E-state index in [1.807, 2.05) is 42.5 Å². The molecule has 5 heteroatoms. The number of benzene rings is 2. The molecule has 0 fully saturated rings. The monoisotopic (exact) mass is 328 g/mol. The number of amides is 1. The van der Waals surface area contributed by atoms with Crippen LogP contribution in [0.3, 0.4) is 0 Å². The second kappa shape index (κ2) is 8.82. The SMILES string of the molecule is COc1ccc(OC)c(CCNC(=O)CCc2ccc(N)cc2)c1. The smallest absolute Gasteiger partial charge is 0.220 e. The van der Waals surface area contributed by atoms with E-state index in [2.05, 4.69) is 5.32 Å². The zero-order chi connectivity index (χ0) is 17.4. The highest BCUT2D eigenvalue weighted by molar-refractivity contribution is 5.76. The van der Waals surface area contributed by atoms with Gasteiger partial charge in [-0.1, -0.05) is 12.1 Å². The number of anilines is 1.